The van der Waals surface area contributed by atoms with E-state index in [0.717, 1.165) is 27.3 Å². The SMILES string of the molecule is COc1ccc(Oc2c(C)cc(N3C(=O)CNC3=O)cc2C)cc1C(C)C. The van der Waals surface area contributed by atoms with Gasteiger partial charge < -0.3 is 14.8 Å². The quantitative estimate of drug-likeness (QED) is 0.800. The van der Waals surface area contributed by atoms with Crippen molar-refractivity contribution >= 4 is 17.6 Å². The van der Waals surface area contributed by atoms with E-state index in [1.807, 2.05) is 32.0 Å². The van der Waals surface area contributed by atoms with Gasteiger partial charge in [-0.05, 0) is 61.2 Å². The summed E-state index contributed by atoms with van der Waals surface area (Å²) in [5.74, 6) is 2.30. The first-order chi connectivity index (χ1) is 12.8. The molecule has 27 heavy (non-hydrogen) atoms. The number of urea groups is 1. The van der Waals surface area contributed by atoms with Crippen LogP contribution in [0.3, 0.4) is 0 Å². The van der Waals surface area contributed by atoms with E-state index >= 15 is 0 Å². The lowest BCUT2D eigenvalue weighted by molar-refractivity contribution is -0.115. The zero-order valence-electron chi connectivity index (χ0n) is 16.3. The van der Waals surface area contributed by atoms with E-state index in [2.05, 4.69) is 19.2 Å². The van der Waals surface area contributed by atoms with Crippen LogP contribution in [0.4, 0.5) is 10.5 Å². The van der Waals surface area contributed by atoms with Crippen LogP contribution in [0.2, 0.25) is 0 Å². The third-order valence-electron chi connectivity index (χ3n) is 4.59. The fourth-order valence-corrected chi connectivity index (χ4v) is 3.25. The summed E-state index contributed by atoms with van der Waals surface area (Å²) < 4.78 is 11.6. The molecule has 0 bridgehead atoms. The number of benzene rings is 2. The van der Waals surface area contributed by atoms with Crippen molar-refractivity contribution in [2.24, 2.45) is 0 Å². The number of rotatable bonds is 5. The van der Waals surface area contributed by atoms with Gasteiger partial charge in [0.15, 0.2) is 0 Å². The molecule has 0 aromatic heterocycles. The minimum absolute atomic E-state index is 0.0268. The Labute approximate surface area is 159 Å². The lowest BCUT2D eigenvalue weighted by atomic mass is 10.0. The van der Waals surface area contributed by atoms with Gasteiger partial charge in [-0.15, -0.1) is 0 Å². The molecule has 142 valence electrons. The second-order valence-corrected chi connectivity index (χ2v) is 6.96. The number of amides is 3. The summed E-state index contributed by atoms with van der Waals surface area (Å²) in [4.78, 5) is 25.0. The summed E-state index contributed by atoms with van der Waals surface area (Å²) in [6.07, 6.45) is 0. The topological polar surface area (TPSA) is 67.9 Å². The van der Waals surface area contributed by atoms with E-state index in [1.54, 1.807) is 19.2 Å². The molecule has 6 heteroatoms. The van der Waals surface area contributed by atoms with Crippen molar-refractivity contribution in [3.05, 3.63) is 47.0 Å². The molecule has 6 nitrogen and oxygen atoms in total. The maximum atomic E-state index is 11.9. The molecule has 0 spiro atoms. The summed E-state index contributed by atoms with van der Waals surface area (Å²) in [6, 6.07) is 8.93. The molecule has 2 aromatic carbocycles. The van der Waals surface area contributed by atoms with Crippen molar-refractivity contribution in [2.75, 3.05) is 18.6 Å². The molecule has 1 heterocycles. The zero-order valence-corrected chi connectivity index (χ0v) is 16.3. The predicted octanol–water partition coefficient (Wildman–Crippen LogP) is 4.28. The van der Waals surface area contributed by atoms with Crippen molar-refractivity contribution < 1.29 is 19.1 Å². The summed E-state index contributed by atoms with van der Waals surface area (Å²) in [5, 5.41) is 2.53. The Morgan fingerprint density at radius 1 is 1.07 bits per heavy atom. The molecule has 3 amide bonds. The Morgan fingerprint density at radius 2 is 1.74 bits per heavy atom. The van der Waals surface area contributed by atoms with Crippen molar-refractivity contribution in [3.63, 3.8) is 0 Å². The molecule has 1 saturated heterocycles. The molecule has 0 saturated carbocycles. The van der Waals surface area contributed by atoms with E-state index in [1.165, 1.54) is 0 Å². The van der Waals surface area contributed by atoms with Gasteiger partial charge in [-0.3, -0.25) is 4.79 Å². The highest BCUT2D eigenvalue weighted by Gasteiger charge is 2.30. The molecule has 1 N–H and O–H groups in total. The van der Waals surface area contributed by atoms with Gasteiger partial charge in [0, 0.05) is 5.56 Å². The van der Waals surface area contributed by atoms with E-state index in [-0.39, 0.29) is 12.5 Å². The molecule has 3 rings (SSSR count). The zero-order chi connectivity index (χ0) is 19.7. The average Bonchev–Trinajstić information content (AvgIpc) is 2.96. The standard InChI is InChI=1S/C21H24N2O4/c1-12(2)17-10-16(6-7-18(17)26-5)27-20-13(3)8-15(9-14(20)4)23-19(24)11-22-21(23)25/h6-10,12H,11H2,1-5H3,(H,22,25). The third kappa shape index (κ3) is 3.60. The van der Waals surface area contributed by atoms with Gasteiger partial charge in [-0.2, -0.15) is 0 Å². The summed E-state index contributed by atoms with van der Waals surface area (Å²) in [7, 11) is 1.66. The number of nitrogens with zero attached hydrogens (tertiary/aromatic N) is 1. The lowest BCUT2D eigenvalue weighted by Gasteiger charge is -2.19. The van der Waals surface area contributed by atoms with Crippen molar-refractivity contribution in [1.29, 1.82) is 0 Å². The number of hydrogen-bond acceptors (Lipinski definition) is 4. The third-order valence-corrected chi connectivity index (χ3v) is 4.59. The Bertz CT molecular complexity index is 866. The largest absolute Gasteiger partial charge is 0.496 e. The van der Waals surface area contributed by atoms with Gasteiger partial charge in [-0.25, -0.2) is 9.69 Å². The minimum atomic E-state index is -0.399. The number of imide groups is 1. The average molecular weight is 368 g/mol. The van der Waals surface area contributed by atoms with Crippen molar-refractivity contribution in [1.82, 2.24) is 5.32 Å². The van der Waals surface area contributed by atoms with Crippen LogP contribution in [-0.4, -0.2) is 25.6 Å². The molecule has 2 aromatic rings. The van der Waals surface area contributed by atoms with Crippen LogP contribution >= 0.6 is 0 Å². The van der Waals surface area contributed by atoms with Gasteiger partial charge in [0.05, 0.1) is 19.3 Å². The van der Waals surface area contributed by atoms with Gasteiger partial charge in [0.2, 0.25) is 0 Å². The van der Waals surface area contributed by atoms with Crippen LogP contribution in [0.25, 0.3) is 0 Å². The van der Waals surface area contributed by atoms with E-state index in [0.29, 0.717) is 23.1 Å². The molecular formula is C21H24N2O4. The van der Waals surface area contributed by atoms with E-state index in [4.69, 9.17) is 9.47 Å². The summed E-state index contributed by atoms with van der Waals surface area (Å²) in [5.41, 5.74) is 3.31. The first-order valence-corrected chi connectivity index (χ1v) is 8.89. The fourth-order valence-electron chi connectivity index (χ4n) is 3.25. The first-order valence-electron chi connectivity index (χ1n) is 8.89. The predicted molar refractivity (Wildman–Crippen MR) is 104 cm³/mol. The van der Waals surface area contributed by atoms with Crippen LogP contribution in [0.5, 0.6) is 17.2 Å². The van der Waals surface area contributed by atoms with Gasteiger partial charge in [-0.1, -0.05) is 13.8 Å². The number of methoxy groups -OCH3 is 1. The van der Waals surface area contributed by atoms with Gasteiger partial charge in [0.25, 0.3) is 5.91 Å². The van der Waals surface area contributed by atoms with Crippen molar-refractivity contribution in [2.45, 2.75) is 33.6 Å². The van der Waals surface area contributed by atoms with Crippen LogP contribution in [0.1, 0.15) is 36.5 Å². The first kappa shape index (κ1) is 18.8. The number of nitrogens with one attached hydrogen (secondary N) is 1. The number of aryl methyl sites for hydroxylation is 2. The normalized spacial score (nSPS) is 13.9. The Kier molecular flexibility index (Phi) is 5.08. The maximum Gasteiger partial charge on any atom is 0.329 e. The highest BCUT2D eigenvalue weighted by Crippen LogP contribution is 2.36. The number of hydrogen-bond donors (Lipinski definition) is 1. The second-order valence-electron chi connectivity index (χ2n) is 6.96. The number of anilines is 1. The van der Waals surface area contributed by atoms with Gasteiger partial charge in [0.1, 0.15) is 17.2 Å². The van der Waals surface area contributed by atoms with Crippen molar-refractivity contribution in [3.8, 4) is 17.2 Å². The number of carbonyl (C=O) groups is 2. The Morgan fingerprint density at radius 3 is 2.26 bits per heavy atom. The molecule has 0 aliphatic carbocycles. The highest BCUT2D eigenvalue weighted by atomic mass is 16.5. The maximum absolute atomic E-state index is 11.9. The molecular weight excluding hydrogens is 344 g/mol. The minimum Gasteiger partial charge on any atom is -0.496 e. The Hall–Kier alpha value is -3.02. The van der Waals surface area contributed by atoms with Crippen LogP contribution in [0, 0.1) is 13.8 Å². The van der Waals surface area contributed by atoms with Crippen LogP contribution in [-0.2, 0) is 4.79 Å². The molecule has 1 aliphatic heterocycles. The fraction of sp³-hybridized carbons (Fsp3) is 0.333. The van der Waals surface area contributed by atoms with Gasteiger partial charge >= 0.3 is 6.03 Å². The molecule has 1 fully saturated rings. The molecule has 1 aliphatic rings. The van der Waals surface area contributed by atoms with E-state index < -0.39 is 6.03 Å². The Balaban J connectivity index is 1.93. The monoisotopic (exact) mass is 368 g/mol. The summed E-state index contributed by atoms with van der Waals surface area (Å²) in [6.45, 7) is 8.03. The number of ether oxygens (including phenoxy) is 2. The van der Waals surface area contributed by atoms with E-state index in [9.17, 15) is 9.59 Å². The lowest BCUT2D eigenvalue weighted by Crippen LogP contribution is -2.30. The number of carbonyl (C=O) groups excluding carboxylic acids is 2. The van der Waals surface area contributed by atoms with Crippen LogP contribution in [0.15, 0.2) is 30.3 Å². The molecule has 0 atom stereocenters. The molecule has 0 unspecified atom stereocenters. The smallest absolute Gasteiger partial charge is 0.329 e. The molecule has 0 radical (unpaired) electrons. The van der Waals surface area contributed by atoms with Crippen LogP contribution < -0.4 is 19.7 Å². The highest BCUT2D eigenvalue weighted by molar-refractivity contribution is 6.19. The second kappa shape index (κ2) is 7.31. The summed E-state index contributed by atoms with van der Waals surface area (Å²) >= 11 is 0.